The van der Waals surface area contributed by atoms with Gasteiger partial charge in [-0.05, 0) is 18.5 Å². The minimum atomic E-state index is -2.95. The Bertz CT molecular complexity index is 1140. The maximum absolute atomic E-state index is 13.1. The molecule has 6 atom stereocenters. The van der Waals surface area contributed by atoms with Crippen LogP contribution < -0.4 is 0 Å². The minimum Gasteiger partial charge on any atom is -0.459 e. The molecule has 2 aromatic carbocycles. The van der Waals surface area contributed by atoms with Gasteiger partial charge >= 0.3 is 11.9 Å². The number of ketones is 1. The van der Waals surface area contributed by atoms with Crippen molar-refractivity contribution in [2.75, 3.05) is 6.61 Å². The Kier molecular flexibility index (Phi) is 6.96. The second-order valence-corrected chi connectivity index (χ2v) is 7.51. The van der Waals surface area contributed by atoms with Crippen molar-refractivity contribution < 1.29 is 48.0 Å². The lowest BCUT2D eigenvalue weighted by atomic mass is 9.97. The molecule has 1 saturated heterocycles. The largest absolute Gasteiger partial charge is 0.459 e. The van der Waals surface area contributed by atoms with Crippen LogP contribution in [0.1, 0.15) is 38.4 Å². The number of rotatable bonds is 8. The van der Waals surface area contributed by atoms with E-state index < -0.39 is 61.2 Å². The van der Waals surface area contributed by atoms with Crippen LogP contribution >= 0.6 is 0 Å². The van der Waals surface area contributed by atoms with Gasteiger partial charge in [-0.1, -0.05) is 61.2 Å². The molecule has 180 valence electrons. The number of esters is 2. The van der Waals surface area contributed by atoms with Crippen molar-refractivity contribution >= 4 is 17.7 Å². The molecule has 0 saturated carbocycles. The highest BCUT2D eigenvalue weighted by atomic mass is 16.7. The summed E-state index contributed by atoms with van der Waals surface area (Å²) in [5.41, 5.74) is 0.413. The van der Waals surface area contributed by atoms with E-state index in [-0.39, 0.29) is 17.7 Å². The number of carbonyl (C=O) groups is 3. The summed E-state index contributed by atoms with van der Waals surface area (Å²) in [7, 11) is 0. The van der Waals surface area contributed by atoms with E-state index in [1.807, 2.05) is 0 Å². The molecule has 0 aliphatic carbocycles. The quantitative estimate of drug-likeness (QED) is 0.222. The summed E-state index contributed by atoms with van der Waals surface area (Å²) < 4.78 is 38.7. The number of carbonyl (C=O) groups excluding carboxylic acids is 3. The topological polar surface area (TPSA) is 140 Å². The number of ether oxygens (including phenoxy) is 3. The number of aliphatic hydroxyl groups is 3. The van der Waals surface area contributed by atoms with Gasteiger partial charge in [0.15, 0.2) is 11.9 Å². The standard InChI is InChI=1S/C25H26O9/c1-3-12-32-24(31)22-20(28)19(27)21(29)25(33-22)34-23(30)14(2)16-10-7-11-17(13-16)18(26)15-8-5-4-6-9-15/h3-11,13-14,19-22,25,27-29H,1,12H2,2H3/t14?,19-,20-,21+,22-,25-/m0/s1/i2+1D3. The molecule has 0 amide bonds. The molecule has 3 rings (SSSR count). The van der Waals surface area contributed by atoms with Gasteiger partial charge in [0.05, 0.1) is 5.92 Å². The average molecular weight is 474 g/mol. The predicted octanol–water partition coefficient (Wildman–Crippen LogP) is 1.10. The van der Waals surface area contributed by atoms with Crippen molar-refractivity contribution in [2.24, 2.45) is 0 Å². The Morgan fingerprint density at radius 3 is 2.44 bits per heavy atom. The zero-order chi connectivity index (χ0) is 27.3. The van der Waals surface area contributed by atoms with Gasteiger partial charge in [0, 0.05) is 15.2 Å². The van der Waals surface area contributed by atoms with Gasteiger partial charge in [0.25, 0.3) is 0 Å². The van der Waals surface area contributed by atoms with Gasteiger partial charge in [-0.15, -0.1) is 0 Å². The molecule has 34 heavy (non-hydrogen) atoms. The maximum atomic E-state index is 13.1. The van der Waals surface area contributed by atoms with E-state index in [0.29, 0.717) is 5.56 Å². The first-order chi connectivity index (χ1) is 17.5. The third-order valence-electron chi connectivity index (χ3n) is 5.13. The highest BCUT2D eigenvalue weighted by molar-refractivity contribution is 6.09. The molecule has 1 aliphatic heterocycles. The maximum Gasteiger partial charge on any atom is 0.338 e. The number of hydrogen-bond donors (Lipinski definition) is 3. The van der Waals surface area contributed by atoms with Gasteiger partial charge in [-0.2, -0.15) is 0 Å². The molecule has 3 N–H and O–H groups in total. The van der Waals surface area contributed by atoms with Crippen LogP contribution in [0.3, 0.4) is 0 Å². The van der Waals surface area contributed by atoms with Gasteiger partial charge in [-0.3, -0.25) is 9.59 Å². The van der Waals surface area contributed by atoms with Crippen LogP contribution in [-0.2, 0) is 23.8 Å². The van der Waals surface area contributed by atoms with Gasteiger partial charge in [-0.25, -0.2) is 4.79 Å². The normalized spacial score (nSPS) is 26.8. The average Bonchev–Trinajstić information content (AvgIpc) is 2.87. The zero-order valence-corrected chi connectivity index (χ0v) is 17.9. The van der Waals surface area contributed by atoms with Crippen molar-refractivity contribution in [3.63, 3.8) is 0 Å². The van der Waals surface area contributed by atoms with Crippen molar-refractivity contribution in [1.82, 2.24) is 0 Å². The summed E-state index contributed by atoms with van der Waals surface area (Å²) in [6.07, 6.45) is -8.51. The smallest absolute Gasteiger partial charge is 0.338 e. The van der Waals surface area contributed by atoms with E-state index in [4.69, 9.17) is 18.3 Å². The molecule has 1 unspecified atom stereocenters. The molecule has 9 nitrogen and oxygen atoms in total. The molecule has 2 aromatic rings. The third-order valence-corrected chi connectivity index (χ3v) is 5.13. The first kappa shape index (κ1) is 21.2. The first-order valence-corrected chi connectivity index (χ1v) is 10.3. The van der Waals surface area contributed by atoms with Crippen LogP contribution in [-0.4, -0.2) is 70.4 Å². The van der Waals surface area contributed by atoms with Gasteiger partial charge in [0.2, 0.25) is 6.29 Å². The Balaban J connectivity index is 1.86. The Morgan fingerprint density at radius 1 is 1.06 bits per heavy atom. The predicted molar refractivity (Wildman–Crippen MR) is 119 cm³/mol. The zero-order valence-electron chi connectivity index (χ0n) is 20.9. The van der Waals surface area contributed by atoms with Crippen LogP contribution in [0.4, 0.5) is 0 Å². The molecule has 9 heteroatoms. The third kappa shape index (κ3) is 5.57. The van der Waals surface area contributed by atoms with Crippen LogP contribution in [0.25, 0.3) is 0 Å². The molecular weight excluding hydrogens is 445 g/mol. The molecular formula is C25H26O9. The van der Waals surface area contributed by atoms with Gasteiger partial charge in [0.1, 0.15) is 24.9 Å². The molecule has 1 fully saturated rings. The van der Waals surface area contributed by atoms with E-state index in [1.54, 1.807) is 30.3 Å². The summed E-state index contributed by atoms with van der Waals surface area (Å²) in [5.74, 6) is -4.82. The molecule has 0 aromatic heterocycles. The Hall–Kier alpha value is -3.37. The summed E-state index contributed by atoms with van der Waals surface area (Å²) >= 11 is 0. The molecule has 1 aliphatic rings. The lowest BCUT2D eigenvalue weighted by Crippen LogP contribution is -2.61. The van der Waals surface area contributed by atoms with Crippen LogP contribution in [0, 0.1) is 0 Å². The van der Waals surface area contributed by atoms with Crippen LogP contribution in [0.5, 0.6) is 0 Å². The Labute approximate surface area is 200 Å². The fourth-order valence-electron chi connectivity index (χ4n) is 3.30. The summed E-state index contributed by atoms with van der Waals surface area (Å²) in [6, 6.07) is 13.7. The summed E-state index contributed by atoms with van der Waals surface area (Å²) in [6.45, 7) is 0.175. The second kappa shape index (κ2) is 11.2. The number of aliphatic hydroxyl groups excluding tert-OH is 3. The van der Waals surface area contributed by atoms with E-state index in [0.717, 1.165) is 0 Å². The van der Waals surface area contributed by atoms with Crippen molar-refractivity contribution in [1.29, 1.82) is 0 Å². The van der Waals surface area contributed by atoms with Crippen molar-refractivity contribution in [3.8, 4) is 0 Å². The fraction of sp³-hybridized carbons (Fsp3) is 0.320. The van der Waals surface area contributed by atoms with E-state index in [9.17, 15) is 29.7 Å². The minimum absolute atomic E-state index is 0.0698. The molecule has 0 bridgehead atoms. The van der Waals surface area contributed by atoms with E-state index in [2.05, 4.69) is 6.58 Å². The Morgan fingerprint density at radius 2 is 1.76 bits per heavy atom. The number of benzene rings is 2. The summed E-state index contributed by atoms with van der Waals surface area (Å²) in [4.78, 5) is 38.1. The molecule has 0 radical (unpaired) electrons. The second-order valence-electron chi connectivity index (χ2n) is 7.51. The highest BCUT2D eigenvalue weighted by Crippen LogP contribution is 2.26. The lowest BCUT2D eigenvalue weighted by Gasteiger charge is -2.38. The first-order valence-electron chi connectivity index (χ1n) is 11.8. The highest BCUT2D eigenvalue weighted by Gasteiger charge is 2.49. The van der Waals surface area contributed by atoms with E-state index in [1.165, 1.54) is 30.3 Å². The van der Waals surface area contributed by atoms with E-state index >= 15 is 0 Å². The van der Waals surface area contributed by atoms with Crippen LogP contribution in [0.2, 0.25) is 0 Å². The molecule has 1 heterocycles. The lowest BCUT2D eigenvalue weighted by molar-refractivity contribution is -0.287. The van der Waals surface area contributed by atoms with Gasteiger partial charge < -0.3 is 29.5 Å². The number of hydrogen-bond acceptors (Lipinski definition) is 9. The SMILES string of the molecule is [2H][13C]([2H])([2H])C(C(=O)O[C@@H]1O[C@H](C(=O)OCC=C)[C@@H](O)[C@H](O)[C@H]1O)c1cccc(C(=O)c2ccccc2)c1. The summed E-state index contributed by atoms with van der Waals surface area (Å²) in [5, 5.41) is 30.5. The monoisotopic (exact) mass is 474 g/mol. The van der Waals surface area contributed by atoms with Crippen molar-refractivity contribution in [3.05, 3.63) is 83.9 Å². The van der Waals surface area contributed by atoms with Crippen molar-refractivity contribution in [2.45, 2.75) is 43.5 Å². The van der Waals surface area contributed by atoms with Crippen LogP contribution in [0.15, 0.2) is 67.3 Å². The molecule has 0 spiro atoms. The fourth-order valence-corrected chi connectivity index (χ4v) is 3.30.